The fourth-order valence-electron chi connectivity index (χ4n) is 2.52. The maximum absolute atomic E-state index is 11.9. The molecular formula is C21H25NO3. The third-order valence-corrected chi connectivity index (χ3v) is 3.80. The van der Waals surface area contributed by atoms with Crippen LogP contribution in [0, 0.1) is 6.92 Å². The number of esters is 1. The fraction of sp³-hybridized carbons (Fsp3) is 0.333. The van der Waals surface area contributed by atoms with Crippen LogP contribution in [-0.2, 0) is 20.7 Å². The smallest absolute Gasteiger partial charge is 0.305 e. The predicted octanol–water partition coefficient (Wildman–Crippen LogP) is 4.28. The zero-order chi connectivity index (χ0) is 17.9. The molecule has 0 fully saturated rings. The molecule has 0 saturated heterocycles. The standard InChI is InChI=1S/C21H25NO3/c1-17-8-5-12-19(16-17)22-20(23)13-6-14-21(24)25-15-7-11-18-9-3-2-4-10-18/h2-5,8-10,12,16H,6-7,11,13-15H2,1H3,(H,22,23). The average Bonchev–Trinajstić information content (AvgIpc) is 2.60. The van der Waals surface area contributed by atoms with Gasteiger partial charge < -0.3 is 10.1 Å². The third kappa shape index (κ3) is 7.66. The van der Waals surface area contributed by atoms with Gasteiger partial charge in [0.1, 0.15) is 0 Å². The lowest BCUT2D eigenvalue weighted by Gasteiger charge is -2.07. The van der Waals surface area contributed by atoms with Crippen molar-refractivity contribution in [3.05, 3.63) is 65.7 Å². The van der Waals surface area contributed by atoms with Gasteiger partial charge in [0.2, 0.25) is 5.91 Å². The van der Waals surface area contributed by atoms with E-state index < -0.39 is 0 Å². The van der Waals surface area contributed by atoms with Crippen LogP contribution in [0.15, 0.2) is 54.6 Å². The van der Waals surface area contributed by atoms with E-state index in [0.29, 0.717) is 19.4 Å². The molecular weight excluding hydrogens is 314 g/mol. The molecule has 0 saturated carbocycles. The molecule has 2 aromatic carbocycles. The van der Waals surface area contributed by atoms with Crippen molar-refractivity contribution >= 4 is 17.6 Å². The first-order valence-electron chi connectivity index (χ1n) is 8.69. The van der Waals surface area contributed by atoms with Crippen LogP contribution in [0.4, 0.5) is 5.69 Å². The summed E-state index contributed by atoms with van der Waals surface area (Å²) in [5.74, 6) is -0.320. The number of amides is 1. The van der Waals surface area contributed by atoms with Gasteiger partial charge in [-0.1, -0.05) is 42.5 Å². The Morgan fingerprint density at radius 3 is 2.52 bits per heavy atom. The van der Waals surface area contributed by atoms with Gasteiger partial charge >= 0.3 is 5.97 Å². The number of aryl methyl sites for hydroxylation is 2. The van der Waals surface area contributed by atoms with Gasteiger partial charge in [0.05, 0.1) is 6.61 Å². The largest absolute Gasteiger partial charge is 0.466 e. The molecule has 132 valence electrons. The van der Waals surface area contributed by atoms with Crippen molar-refractivity contribution in [3.8, 4) is 0 Å². The molecule has 0 atom stereocenters. The highest BCUT2D eigenvalue weighted by Gasteiger charge is 2.07. The summed E-state index contributed by atoms with van der Waals surface area (Å²) < 4.78 is 5.21. The van der Waals surface area contributed by atoms with E-state index in [2.05, 4.69) is 17.4 Å². The molecule has 4 nitrogen and oxygen atoms in total. The maximum atomic E-state index is 11.9. The first kappa shape index (κ1) is 18.7. The summed E-state index contributed by atoms with van der Waals surface area (Å²) in [6, 6.07) is 17.8. The Hall–Kier alpha value is -2.62. The van der Waals surface area contributed by atoms with Crippen molar-refractivity contribution in [2.75, 3.05) is 11.9 Å². The van der Waals surface area contributed by atoms with Gasteiger partial charge in [-0.25, -0.2) is 0 Å². The minimum atomic E-state index is -0.239. The molecule has 0 radical (unpaired) electrons. The molecule has 0 aliphatic rings. The number of hydrogen-bond acceptors (Lipinski definition) is 3. The number of rotatable bonds is 9. The van der Waals surface area contributed by atoms with Gasteiger partial charge in [-0.15, -0.1) is 0 Å². The molecule has 2 aromatic rings. The summed E-state index contributed by atoms with van der Waals surface area (Å²) in [5.41, 5.74) is 3.12. The van der Waals surface area contributed by atoms with Gasteiger partial charge in [0.25, 0.3) is 0 Å². The third-order valence-electron chi connectivity index (χ3n) is 3.80. The number of benzene rings is 2. The fourth-order valence-corrected chi connectivity index (χ4v) is 2.52. The molecule has 4 heteroatoms. The van der Waals surface area contributed by atoms with Gasteiger partial charge in [-0.05, 0) is 49.4 Å². The Morgan fingerprint density at radius 2 is 1.76 bits per heavy atom. The van der Waals surface area contributed by atoms with Crippen LogP contribution in [0.1, 0.15) is 36.8 Å². The molecule has 0 spiro atoms. The summed E-state index contributed by atoms with van der Waals surface area (Å²) in [7, 11) is 0. The monoisotopic (exact) mass is 339 g/mol. The van der Waals surface area contributed by atoms with E-state index in [1.165, 1.54) is 5.56 Å². The second kappa shape index (κ2) is 10.3. The second-order valence-electron chi connectivity index (χ2n) is 6.08. The number of carbonyl (C=O) groups excluding carboxylic acids is 2. The molecule has 0 aromatic heterocycles. The van der Waals surface area contributed by atoms with Crippen LogP contribution < -0.4 is 5.32 Å². The average molecular weight is 339 g/mol. The number of ether oxygens (including phenoxy) is 1. The number of nitrogens with one attached hydrogen (secondary N) is 1. The first-order chi connectivity index (χ1) is 12.1. The molecule has 2 rings (SSSR count). The predicted molar refractivity (Wildman–Crippen MR) is 99.4 cm³/mol. The summed E-state index contributed by atoms with van der Waals surface area (Å²) in [4.78, 5) is 23.5. The lowest BCUT2D eigenvalue weighted by atomic mass is 10.1. The molecule has 1 N–H and O–H groups in total. The van der Waals surface area contributed by atoms with Crippen molar-refractivity contribution in [1.29, 1.82) is 0 Å². The Bertz CT molecular complexity index is 683. The number of hydrogen-bond donors (Lipinski definition) is 1. The quantitative estimate of drug-likeness (QED) is 0.548. The molecule has 0 aliphatic carbocycles. The maximum Gasteiger partial charge on any atom is 0.305 e. The van der Waals surface area contributed by atoms with Crippen molar-refractivity contribution in [2.45, 2.75) is 39.0 Å². The topological polar surface area (TPSA) is 55.4 Å². The Kier molecular flexibility index (Phi) is 7.70. The molecule has 0 heterocycles. The van der Waals surface area contributed by atoms with Crippen LogP contribution in [-0.4, -0.2) is 18.5 Å². The summed E-state index contributed by atoms with van der Waals surface area (Å²) in [6.45, 7) is 2.40. The minimum Gasteiger partial charge on any atom is -0.466 e. The summed E-state index contributed by atoms with van der Waals surface area (Å²) in [5, 5.41) is 2.84. The van der Waals surface area contributed by atoms with Crippen molar-refractivity contribution in [2.24, 2.45) is 0 Å². The van der Waals surface area contributed by atoms with E-state index in [4.69, 9.17) is 4.74 Å². The zero-order valence-electron chi connectivity index (χ0n) is 14.7. The van der Waals surface area contributed by atoms with Gasteiger partial charge in [-0.3, -0.25) is 9.59 Å². The van der Waals surface area contributed by atoms with E-state index in [0.717, 1.165) is 24.1 Å². The van der Waals surface area contributed by atoms with Crippen molar-refractivity contribution < 1.29 is 14.3 Å². The van der Waals surface area contributed by atoms with Crippen molar-refractivity contribution in [1.82, 2.24) is 0 Å². The Balaban J connectivity index is 1.55. The SMILES string of the molecule is Cc1cccc(NC(=O)CCCC(=O)OCCCc2ccccc2)c1. The molecule has 1 amide bonds. The van der Waals surface area contributed by atoms with Crippen LogP contribution in [0.5, 0.6) is 0 Å². The van der Waals surface area contributed by atoms with E-state index in [1.54, 1.807) is 0 Å². The Labute approximate surface area is 149 Å². The first-order valence-corrected chi connectivity index (χ1v) is 8.69. The lowest BCUT2D eigenvalue weighted by Crippen LogP contribution is -2.13. The van der Waals surface area contributed by atoms with E-state index in [1.807, 2.05) is 49.4 Å². The molecule has 0 aliphatic heterocycles. The zero-order valence-corrected chi connectivity index (χ0v) is 14.7. The molecule has 0 unspecified atom stereocenters. The van der Waals surface area contributed by atoms with E-state index >= 15 is 0 Å². The van der Waals surface area contributed by atoms with Crippen LogP contribution in [0.3, 0.4) is 0 Å². The van der Waals surface area contributed by atoms with Gasteiger partial charge in [0, 0.05) is 18.5 Å². The van der Waals surface area contributed by atoms with E-state index in [-0.39, 0.29) is 18.3 Å². The summed E-state index contributed by atoms with van der Waals surface area (Å²) in [6.07, 6.45) is 2.78. The highest BCUT2D eigenvalue weighted by atomic mass is 16.5. The van der Waals surface area contributed by atoms with Crippen LogP contribution >= 0.6 is 0 Å². The molecule has 25 heavy (non-hydrogen) atoms. The second-order valence-corrected chi connectivity index (χ2v) is 6.08. The van der Waals surface area contributed by atoms with Gasteiger partial charge in [-0.2, -0.15) is 0 Å². The highest BCUT2D eigenvalue weighted by molar-refractivity contribution is 5.90. The van der Waals surface area contributed by atoms with E-state index in [9.17, 15) is 9.59 Å². The highest BCUT2D eigenvalue weighted by Crippen LogP contribution is 2.10. The lowest BCUT2D eigenvalue weighted by molar-refractivity contribution is -0.143. The Morgan fingerprint density at radius 1 is 0.960 bits per heavy atom. The normalized spacial score (nSPS) is 10.3. The van der Waals surface area contributed by atoms with Gasteiger partial charge in [0.15, 0.2) is 0 Å². The number of anilines is 1. The summed E-state index contributed by atoms with van der Waals surface area (Å²) >= 11 is 0. The van der Waals surface area contributed by atoms with Crippen molar-refractivity contribution in [3.63, 3.8) is 0 Å². The minimum absolute atomic E-state index is 0.0810. The van der Waals surface area contributed by atoms with Crippen LogP contribution in [0.2, 0.25) is 0 Å². The molecule has 0 bridgehead atoms. The van der Waals surface area contributed by atoms with Crippen LogP contribution in [0.25, 0.3) is 0 Å². The number of carbonyl (C=O) groups is 2.